The smallest absolute Gasteiger partial charge is 0.344 e. The van der Waals surface area contributed by atoms with E-state index in [1.165, 1.54) is 12.6 Å². The lowest BCUT2D eigenvalue weighted by Gasteiger charge is -2.36. The number of pyridine rings is 1. The molecule has 0 radical (unpaired) electrons. The number of aromatic nitrogens is 1. The lowest BCUT2D eigenvalue weighted by molar-refractivity contribution is -0.159. The molecule has 0 saturated heterocycles. The first-order valence-electron chi connectivity index (χ1n) is 8.34. The van der Waals surface area contributed by atoms with Gasteiger partial charge < -0.3 is 9.47 Å². The van der Waals surface area contributed by atoms with Crippen LogP contribution in [0.1, 0.15) is 50.4 Å². The highest BCUT2D eigenvalue weighted by Crippen LogP contribution is 2.35. The van der Waals surface area contributed by atoms with Crippen molar-refractivity contribution in [2.45, 2.75) is 46.1 Å². The van der Waals surface area contributed by atoms with E-state index in [-0.39, 0.29) is 12.7 Å². The van der Waals surface area contributed by atoms with Crippen LogP contribution in [-0.2, 0) is 14.3 Å². The minimum absolute atomic E-state index is 0.0903. The quantitative estimate of drug-likeness (QED) is 0.702. The lowest BCUT2D eigenvalue weighted by atomic mass is 9.75. The predicted octanol–water partition coefficient (Wildman–Crippen LogP) is 4.00. The van der Waals surface area contributed by atoms with E-state index in [4.69, 9.17) is 9.47 Å². The van der Waals surface area contributed by atoms with Gasteiger partial charge in [-0.25, -0.2) is 9.59 Å². The Labute approximate surface area is 151 Å². The van der Waals surface area contributed by atoms with Crippen LogP contribution in [-0.4, -0.2) is 29.6 Å². The highest BCUT2D eigenvalue weighted by atomic mass is 79.9. The molecule has 0 aromatic carbocycles. The SMILES string of the molecule is CC(C)[C@@H]1CC[C@@H](C)C[C@H]1OC(=O)COC(=O)c1cncc(Br)c1. The van der Waals surface area contributed by atoms with Gasteiger partial charge in [0, 0.05) is 16.9 Å². The zero-order valence-corrected chi connectivity index (χ0v) is 15.9. The second-order valence-electron chi connectivity index (χ2n) is 6.82. The van der Waals surface area contributed by atoms with Gasteiger partial charge in [0.2, 0.25) is 0 Å². The molecular formula is C18H24BrNO4. The largest absolute Gasteiger partial charge is 0.460 e. The van der Waals surface area contributed by atoms with Crippen molar-refractivity contribution in [3.8, 4) is 0 Å². The third-order valence-corrected chi connectivity index (χ3v) is 4.94. The number of hydrogen-bond acceptors (Lipinski definition) is 5. The summed E-state index contributed by atoms with van der Waals surface area (Å²) >= 11 is 3.24. The van der Waals surface area contributed by atoms with Gasteiger partial charge in [0.25, 0.3) is 0 Å². The van der Waals surface area contributed by atoms with Crippen LogP contribution >= 0.6 is 15.9 Å². The minimum Gasteiger partial charge on any atom is -0.460 e. The van der Waals surface area contributed by atoms with Gasteiger partial charge in [-0.05, 0) is 52.6 Å². The molecule has 0 spiro atoms. The molecule has 0 N–H and O–H groups in total. The first-order valence-corrected chi connectivity index (χ1v) is 9.13. The van der Waals surface area contributed by atoms with Crippen molar-refractivity contribution in [2.24, 2.45) is 17.8 Å². The molecular weight excluding hydrogens is 374 g/mol. The van der Waals surface area contributed by atoms with E-state index in [1.54, 1.807) is 12.3 Å². The third-order valence-electron chi connectivity index (χ3n) is 4.51. The molecule has 6 heteroatoms. The fraction of sp³-hybridized carbons (Fsp3) is 0.611. The van der Waals surface area contributed by atoms with Gasteiger partial charge in [-0.15, -0.1) is 0 Å². The second kappa shape index (κ2) is 8.60. The Bertz CT molecular complexity index is 590. The van der Waals surface area contributed by atoms with Crippen LogP contribution in [0, 0.1) is 17.8 Å². The van der Waals surface area contributed by atoms with E-state index in [2.05, 4.69) is 41.7 Å². The van der Waals surface area contributed by atoms with E-state index in [0.29, 0.717) is 27.8 Å². The van der Waals surface area contributed by atoms with Crippen molar-refractivity contribution in [2.75, 3.05) is 6.61 Å². The number of nitrogens with zero attached hydrogens (tertiary/aromatic N) is 1. The van der Waals surface area contributed by atoms with Crippen molar-refractivity contribution in [1.82, 2.24) is 4.98 Å². The summed E-state index contributed by atoms with van der Waals surface area (Å²) in [6.07, 6.45) is 5.99. The molecule has 1 fully saturated rings. The molecule has 5 nitrogen and oxygen atoms in total. The summed E-state index contributed by atoms with van der Waals surface area (Å²) in [4.78, 5) is 27.9. The fourth-order valence-corrected chi connectivity index (χ4v) is 3.55. The van der Waals surface area contributed by atoms with Gasteiger partial charge in [-0.1, -0.05) is 27.2 Å². The molecule has 0 unspecified atom stereocenters. The van der Waals surface area contributed by atoms with Crippen molar-refractivity contribution in [3.05, 3.63) is 28.5 Å². The number of halogens is 1. The van der Waals surface area contributed by atoms with Gasteiger partial charge in [0.05, 0.1) is 5.56 Å². The van der Waals surface area contributed by atoms with E-state index in [0.717, 1.165) is 12.8 Å². The van der Waals surface area contributed by atoms with Crippen LogP contribution in [0.3, 0.4) is 0 Å². The minimum atomic E-state index is -0.585. The van der Waals surface area contributed by atoms with Gasteiger partial charge >= 0.3 is 11.9 Å². The van der Waals surface area contributed by atoms with Crippen LogP contribution in [0.5, 0.6) is 0 Å². The molecule has 1 heterocycles. The molecule has 132 valence electrons. The molecule has 2 rings (SSSR count). The number of carbonyl (C=O) groups is 2. The fourth-order valence-electron chi connectivity index (χ4n) is 3.18. The maximum absolute atomic E-state index is 12.1. The number of ether oxygens (including phenoxy) is 2. The van der Waals surface area contributed by atoms with Gasteiger partial charge in [0.15, 0.2) is 6.61 Å². The summed E-state index contributed by atoms with van der Waals surface area (Å²) in [5.74, 6) is 0.308. The summed E-state index contributed by atoms with van der Waals surface area (Å²) in [7, 11) is 0. The molecule has 3 atom stereocenters. The van der Waals surface area contributed by atoms with E-state index < -0.39 is 11.9 Å². The van der Waals surface area contributed by atoms with Crippen LogP contribution in [0.4, 0.5) is 0 Å². The Hall–Kier alpha value is -1.43. The Morgan fingerprint density at radius 3 is 2.75 bits per heavy atom. The monoisotopic (exact) mass is 397 g/mol. The third kappa shape index (κ3) is 5.30. The van der Waals surface area contributed by atoms with Crippen LogP contribution < -0.4 is 0 Å². The molecule has 1 aliphatic carbocycles. The highest BCUT2D eigenvalue weighted by molar-refractivity contribution is 9.10. The molecule has 1 aromatic heterocycles. The number of hydrogen-bond donors (Lipinski definition) is 0. The molecule has 1 saturated carbocycles. The van der Waals surface area contributed by atoms with Crippen LogP contribution in [0.15, 0.2) is 22.9 Å². The molecule has 0 amide bonds. The average molecular weight is 398 g/mol. The summed E-state index contributed by atoms with van der Waals surface area (Å²) < 4.78 is 11.3. The Balaban J connectivity index is 1.86. The van der Waals surface area contributed by atoms with Crippen molar-refractivity contribution >= 4 is 27.9 Å². The zero-order chi connectivity index (χ0) is 17.7. The van der Waals surface area contributed by atoms with E-state index >= 15 is 0 Å². The summed E-state index contributed by atoms with van der Waals surface area (Å²) in [5, 5.41) is 0. The number of carbonyl (C=O) groups excluding carboxylic acids is 2. The Kier molecular flexibility index (Phi) is 6.78. The summed E-state index contributed by atoms with van der Waals surface area (Å²) in [6.45, 7) is 6.11. The average Bonchev–Trinajstić information content (AvgIpc) is 2.52. The summed E-state index contributed by atoms with van der Waals surface area (Å²) in [5.41, 5.74) is 0.295. The molecule has 0 aliphatic heterocycles. The first-order chi connectivity index (χ1) is 11.4. The maximum Gasteiger partial charge on any atom is 0.344 e. The Morgan fingerprint density at radius 2 is 2.08 bits per heavy atom. The predicted molar refractivity (Wildman–Crippen MR) is 93.4 cm³/mol. The highest BCUT2D eigenvalue weighted by Gasteiger charge is 2.33. The topological polar surface area (TPSA) is 65.5 Å². The van der Waals surface area contributed by atoms with Gasteiger partial charge in [-0.2, -0.15) is 0 Å². The van der Waals surface area contributed by atoms with Crippen molar-refractivity contribution in [3.63, 3.8) is 0 Å². The maximum atomic E-state index is 12.1. The number of rotatable bonds is 5. The van der Waals surface area contributed by atoms with Gasteiger partial charge in [0.1, 0.15) is 6.10 Å². The zero-order valence-electron chi connectivity index (χ0n) is 14.3. The van der Waals surface area contributed by atoms with E-state index in [9.17, 15) is 9.59 Å². The van der Waals surface area contributed by atoms with Crippen LogP contribution in [0.25, 0.3) is 0 Å². The second-order valence-corrected chi connectivity index (χ2v) is 7.74. The molecule has 1 aliphatic rings. The molecule has 0 bridgehead atoms. The van der Waals surface area contributed by atoms with E-state index in [1.807, 2.05) is 0 Å². The van der Waals surface area contributed by atoms with Crippen LogP contribution in [0.2, 0.25) is 0 Å². The van der Waals surface area contributed by atoms with Crippen molar-refractivity contribution in [1.29, 1.82) is 0 Å². The standard InChI is InChI=1S/C18H24BrNO4/c1-11(2)15-5-4-12(3)6-16(15)24-17(21)10-23-18(22)13-7-14(19)9-20-8-13/h7-9,11-12,15-16H,4-6,10H2,1-3H3/t12-,15+,16-/m1/s1. The first kappa shape index (κ1) is 18.9. The molecule has 1 aromatic rings. The van der Waals surface area contributed by atoms with Crippen molar-refractivity contribution < 1.29 is 19.1 Å². The molecule has 24 heavy (non-hydrogen) atoms. The number of esters is 2. The lowest BCUT2D eigenvalue weighted by Crippen LogP contribution is -2.36. The van der Waals surface area contributed by atoms with Gasteiger partial charge in [-0.3, -0.25) is 4.98 Å². The summed E-state index contributed by atoms with van der Waals surface area (Å²) in [6, 6.07) is 1.60. The normalized spacial score (nSPS) is 23.8. The Morgan fingerprint density at radius 1 is 1.33 bits per heavy atom.